The van der Waals surface area contributed by atoms with Gasteiger partial charge in [-0.25, -0.2) is 0 Å². The summed E-state index contributed by atoms with van der Waals surface area (Å²) in [5.41, 5.74) is 5.24. The van der Waals surface area contributed by atoms with Crippen molar-refractivity contribution in [2.75, 3.05) is 5.75 Å². The Morgan fingerprint density at radius 1 is 1.03 bits per heavy atom. The van der Waals surface area contributed by atoms with E-state index in [1.807, 2.05) is 30.0 Å². The maximum Gasteiger partial charge on any atom is 0.121 e. The van der Waals surface area contributed by atoms with Crippen LogP contribution in [0.4, 0.5) is 0 Å². The van der Waals surface area contributed by atoms with E-state index >= 15 is 0 Å². The van der Waals surface area contributed by atoms with Crippen LogP contribution in [0.2, 0.25) is 0 Å². The molecule has 1 aliphatic heterocycles. The van der Waals surface area contributed by atoms with Gasteiger partial charge >= 0.3 is 0 Å². The highest BCUT2D eigenvalue weighted by molar-refractivity contribution is 8.14. The van der Waals surface area contributed by atoms with Gasteiger partial charge in [0.05, 0.1) is 17.6 Å². The number of hydrogen-bond donors (Lipinski definition) is 0. The van der Waals surface area contributed by atoms with Crippen molar-refractivity contribution in [1.82, 2.24) is 15.0 Å². The third kappa shape index (κ3) is 5.34. The van der Waals surface area contributed by atoms with E-state index in [4.69, 9.17) is 15.2 Å². The van der Waals surface area contributed by atoms with E-state index in [1.54, 1.807) is 4.80 Å². The van der Waals surface area contributed by atoms with Gasteiger partial charge in [-0.3, -0.25) is 4.99 Å². The van der Waals surface area contributed by atoms with Crippen LogP contribution in [0.5, 0.6) is 0 Å². The summed E-state index contributed by atoms with van der Waals surface area (Å²) in [7, 11) is 0. The van der Waals surface area contributed by atoms with E-state index in [0.717, 1.165) is 47.7 Å². The molecule has 1 aromatic heterocycles. The fourth-order valence-electron chi connectivity index (χ4n) is 3.67. The molecule has 0 spiro atoms. The standard InChI is InChI=1S/C26H30N4S/c1-4-30-28-24(21-13-6-5-7-14-21)25(29-30)22-15-10-12-20(17-22)11-8-9-16-23-18-31-26(27-23)19(2)3/h5-8,10-15,17,19,23H,4,9,16,18H2,1-3H3/b11-8+. The molecule has 0 bridgehead atoms. The fraction of sp³-hybridized carbons (Fsp3) is 0.346. The van der Waals surface area contributed by atoms with Crippen LogP contribution in [0.15, 0.2) is 65.7 Å². The first-order chi connectivity index (χ1) is 15.1. The zero-order valence-corrected chi connectivity index (χ0v) is 19.3. The van der Waals surface area contributed by atoms with Crippen LogP contribution < -0.4 is 0 Å². The van der Waals surface area contributed by atoms with Gasteiger partial charge in [-0.2, -0.15) is 15.0 Å². The molecule has 0 saturated carbocycles. The summed E-state index contributed by atoms with van der Waals surface area (Å²) in [6, 6.07) is 19.3. The zero-order valence-electron chi connectivity index (χ0n) is 18.5. The van der Waals surface area contributed by atoms with Crippen molar-refractivity contribution in [3.8, 4) is 22.5 Å². The molecule has 0 fully saturated rings. The first kappa shape index (κ1) is 21.6. The van der Waals surface area contributed by atoms with Crippen molar-refractivity contribution in [1.29, 1.82) is 0 Å². The van der Waals surface area contributed by atoms with Gasteiger partial charge in [0.25, 0.3) is 0 Å². The SMILES string of the molecule is CCn1nc(-c2ccccc2)c(-c2cccc(/C=C/CCC3CSC(C(C)C)=N3)c2)n1. The lowest BCUT2D eigenvalue weighted by atomic mass is 10.0. The summed E-state index contributed by atoms with van der Waals surface area (Å²) in [5.74, 6) is 1.69. The predicted molar refractivity (Wildman–Crippen MR) is 133 cm³/mol. The third-order valence-corrected chi connectivity index (χ3v) is 6.77. The number of hydrogen-bond acceptors (Lipinski definition) is 4. The van der Waals surface area contributed by atoms with E-state index in [0.29, 0.717) is 12.0 Å². The van der Waals surface area contributed by atoms with Crippen LogP contribution in [-0.4, -0.2) is 31.8 Å². The van der Waals surface area contributed by atoms with E-state index in [-0.39, 0.29) is 0 Å². The predicted octanol–water partition coefficient (Wildman–Crippen LogP) is 6.60. The Morgan fingerprint density at radius 2 is 1.77 bits per heavy atom. The number of rotatable bonds is 8. The molecule has 1 unspecified atom stereocenters. The van der Waals surface area contributed by atoms with Gasteiger partial charge in [0.2, 0.25) is 0 Å². The Hall–Kier alpha value is -2.66. The number of benzene rings is 2. The van der Waals surface area contributed by atoms with Crippen LogP contribution in [0.3, 0.4) is 0 Å². The number of aliphatic imine (C=N–C) groups is 1. The normalized spacial score (nSPS) is 16.4. The minimum atomic E-state index is 0.468. The van der Waals surface area contributed by atoms with Crippen LogP contribution in [0, 0.1) is 5.92 Å². The monoisotopic (exact) mass is 430 g/mol. The summed E-state index contributed by atoms with van der Waals surface area (Å²) < 4.78 is 0. The first-order valence-corrected chi connectivity index (χ1v) is 12.1. The average Bonchev–Trinajstić information content (AvgIpc) is 3.45. The van der Waals surface area contributed by atoms with Crippen LogP contribution in [0.25, 0.3) is 28.6 Å². The number of aryl methyl sites for hydroxylation is 1. The fourth-order valence-corrected chi connectivity index (χ4v) is 4.83. The van der Waals surface area contributed by atoms with Gasteiger partial charge in [0, 0.05) is 22.8 Å². The Morgan fingerprint density at radius 3 is 2.48 bits per heavy atom. The van der Waals surface area contributed by atoms with Crippen LogP contribution in [-0.2, 0) is 6.54 Å². The maximum absolute atomic E-state index is 4.86. The maximum atomic E-state index is 4.86. The molecule has 4 nitrogen and oxygen atoms in total. The van der Waals surface area contributed by atoms with Crippen molar-refractivity contribution >= 4 is 22.9 Å². The lowest BCUT2D eigenvalue weighted by Crippen LogP contribution is -2.02. The second kappa shape index (κ2) is 10.1. The largest absolute Gasteiger partial charge is 0.278 e. The molecule has 2 aromatic carbocycles. The Balaban J connectivity index is 1.48. The van der Waals surface area contributed by atoms with Gasteiger partial charge in [-0.1, -0.05) is 74.5 Å². The van der Waals surface area contributed by atoms with Crippen molar-refractivity contribution in [3.05, 3.63) is 66.2 Å². The lowest BCUT2D eigenvalue weighted by Gasteiger charge is -2.04. The van der Waals surface area contributed by atoms with Gasteiger partial charge in [0.1, 0.15) is 11.4 Å². The second-order valence-corrected chi connectivity index (χ2v) is 9.18. The van der Waals surface area contributed by atoms with Crippen molar-refractivity contribution < 1.29 is 0 Å². The molecule has 160 valence electrons. The summed E-state index contributed by atoms with van der Waals surface area (Å²) >= 11 is 1.93. The second-order valence-electron chi connectivity index (χ2n) is 8.14. The van der Waals surface area contributed by atoms with Crippen molar-refractivity contribution in [3.63, 3.8) is 0 Å². The summed E-state index contributed by atoms with van der Waals surface area (Å²) in [6.07, 6.45) is 6.65. The average molecular weight is 431 g/mol. The number of aromatic nitrogens is 3. The highest BCUT2D eigenvalue weighted by Crippen LogP contribution is 2.30. The van der Waals surface area contributed by atoms with Gasteiger partial charge in [-0.15, -0.1) is 11.8 Å². The molecule has 0 N–H and O–H groups in total. The van der Waals surface area contributed by atoms with Crippen LogP contribution in [0.1, 0.15) is 39.2 Å². The molecule has 1 aliphatic rings. The summed E-state index contributed by atoms with van der Waals surface area (Å²) in [5, 5.41) is 10.8. The molecule has 31 heavy (non-hydrogen) atoms. The van der Waals surface area contributed by atoms with E-state index in [2.05, 4.69) is 69.3 Å². The quantitative estimate of drug-likeness (QED) is 0.404. The highest BCUT2D eigenvalue weighted by Gasteiger charge is 2.19. The number of allylic oxidation sites excluding steroid dienone is 1. The molecule has 0 amide bonds. The van der Waals surface area contributed by atoms with Gasteiger partial charge in [-0.05, 0) is 31.4 Å². The summed E-state index contributed by atoms with van der Waals surface area (Å²) in [4.78, 5) is 6.63. The highest BCUT2D eigenvalue weighted by atomic mass is 32.2. The molecule has 0 saturated heterocycles. The van der Waals surface area contributed by atoms with E-state index in [1.165, 1.54) is 10.6 Å². The zero-order chi connectivity index (χ0) is 21.6. The Labute approximate surface area is 189 Å². The molecule has 5 heteroatoms. The number of thioether (sulfide) groups is 1. The summed E-state index contributed by atoms with van der Waals surface area (Å²) in [6.45, 7) is 7.27. The molecular weight excluding hydrogens is 400 g/mol. The van der Waals surface area contributed by atoms with Gasteiger partial charge in [0.15, 0.2) is 0 Å². The van der Waals surface area contributed by atoms with E-state index < -0.39 is 0 Å². The lowest BCUT2D eigenvalue weighted by molar-refractivity contribution is 0.572. The molecule has 2 heterocycles. The molecule has 4 rings (SSSR count). The van der Waals surface area contributed by atoms with Crippen LogP contribution >= 0.6 is 11.8 Å². The smallest absolute Gasteiger partial charge is 0.121 e. The number of nitrogens with zero attached hydrogens (tertiary/aromatic N) is 4. The Kier molecular flexibility index (Phi) is 7.03. The molecule has 0 radical (unpaired) electrons. The third-order valence-electron chi connectivity index (χ3n) is 5.35. The first-order valence-electron chi connectivity index (χ1n) is 11.1. The topological polar surface area (TPSA) is 43.1 Å². The minimum absolute atomic E-state index is 0.468. The van der Waals surface area contributed by atoms with Gasteiger partial charge < -0.3 is 0 Å². The van der Waals surface area contributed by atoms with E-state index in [9.17, 15) is 0 Å². The molecule has 0 aliphatic carbocycles. The van der Waals surface area contributed by atoms with Crippen molar-refractivity contribution in [2.45, 2.75) is 46.2 Å². The minimum Gasteiger partial charge on any atom is -0.278 e. The van der Waals surface area contributed by atoms with Crippen molar-refractivity contribution in [2.24, 2.45) is 10.9 Å². The Bertz CT molecular complexity index is 1070. The molecule has 3 aromatic rings. The molecule has 1 atom stereocenters. The molecular formula is C26H30N4S.